The first-order valence-electron chi connectivity index (χ1n) is 7.14. The van der Waals surface area contributed by atoms with Gasteiger partial charge in [-0.25, -0.2) is 0 Å². The first-order chi connectivity index (χ1) is 8.80. The van der Waals surface area contributed by atoms with Crippen molar-refractivity contribution in [1.82, 2.24) is 0 Å². The molecule has 18 heavy (non-hydrogen) atoms. The second kappa shape index (κ2) is 4.46. The fourth-order valence-electron chi connectivity index (χ4n) is 3.89. The van der Waals surface area contributed by atoms with Crippen molar-refractivity contribution in [1.29, 1.82) is 0 Å². The van der Waals surface area contributed by atoms with Crippen LogP contribution in [0.3, 0.4) is 0 Å². The van der Waals surface area contributed by atoms with Crippen molar-refractivity contribution in [2.75, 3.05) is 7.11 Å². The number of fused-ring (bicyclic) bond motifs is 1. The predicted molar refractivity (Wildman–Crippen MR) is 74.9 cm³/mol. The van der Waals surface area contributed by atoms with E-state index in [1.165, 1.54) is 24.8 Å². The molecule has 2 aliphatic rings. The number of ether oxygens (including phenoxy) is 1. The summed E-state index contributed by atoms with van der Waals surface area (Å²) in [5.74, 6) is 3.52. The lowest BCUT2D eigenvalue weighted by Gasteiger charge is -2.11. The van der Waals surface area contributed by atoms with Crippen LogP contribution in [0.5, 0.6) is 5.75 Å². The smallest absolute Gasteiger partial charge is 0.118 e. The molecule has 2 aliphatic carbocycles. The monoisotopic (exact) mass is 242 g/mol. The molecule has 1 nitrogen and oxygen atoms in total. The summed E-state index contributed by atoms with van der Waals surface area (Å²) >= 11 is 0. The third kappa shape index (κ3) is 1.68. The maximum Gasteiger partial charge on any atom is 0.118 e. The minimum atomic E-state index is 0.793. The van der Waals surface area contributed by atoms with E-state index in [1.54, 1.807) is 18.3 Å². The Morgan fingerprint density at radius 3 is 2.33 bits per heavy atom. The molecule has 1 aromatic rings. The molecule has 0 N–H and O–H groups in total. The zero-order valence-corrected chi connectivity index (χ0v) is 11.6. The van der Waals surface area contributed by atoms with E-state index in [4.69, 9.17) is 4.74 Å². The van der Waals surface area contributed by atoms with E-state index >= 15 is 0 Å². The van der Waals surface area contributed by atoms with Crippen LogP contribution in [0, 0.1) is 11.8 Å². The van der Waals surface area contributed by atoms with Crippen LogP contribution in [0.25, 0.3) is 0 Å². The summed E-state index contributed by atoms with van der Waals surface area (Å²) in [4.78, 5) is 0. The second-order valence-electron chi connectivity index (χ2n) is 5.53. The Balaban J connectivity index is 1.80. The summed E-state index contributed by atoms with van der Waals surface area (Å²) in [5, 5.41) is 0. The molecule has 3 atom stereocenters. The average Bonchev–Trinajstić information content (AvgIpc) is 3.00. The summed E-state index contributed by atoms with van der Waals surface area (Å²) in [6, 6.07) is 8.69. The van der Waals surface area contributed by atoms with Gasteiger partial charge in [-0.05, 0) is 54.7 Å². The van der Waals surface area contributed by atoms with Crippen LogP contribution in [0.4, 0.5) is 0 Å². The number of allylic oxidation sites excluding steroid dienone is 2. The molecule has 0 amide bonds. The maximum absolute atomic E-state index is 5.23. The van der Waals surface area contributed by atoms with Crippen LogP contribution < -0.4 is 4.74 Å². The SMILES string of the molecule is CCC1=C(CC)[C@@H]2[C@H](C1)[C@@H]2c1ccc(OC)cc1. The van der Waals surface area contributed by atoms with E-state index in [-0.39, 0.29) is 0 Å². The highest BCUT2D eigenvalue weighted by Crippen LogP contribution is 2.66. The molecular formula is C17H22O. The van der Waals surface area contributed by atoms with Gasteiger partial charge in [-0.2, -0.15) is 0 Å². The first-order valence-corrected chi connectivity index (χ1v) is 7.14. The zero-order chi connectivity index (χ0) is 12.7. The second-order valence-corrected chi connectivity index (χ2v) is 5.53. The summed E-state index contributed by atoms with van der Waals surface area (Å²) < 4.78 is 5.23. The summed E-state index contributed by atoms with van der Waals surface area (Å²) in [6.07, 6.45) is 3.85. The number of rotatable bonds is 4. The fourth-order valence-corrected chi connectivity index (χ4v) is 3.89. The predicted octanol–water partition coefficient (Wildman–Crippen LogP) is 4.55. The topological polar surface area (TPSA) is 9.23 Å². The molecule has 1 heteroatoms. The van der Waals surface area contributed by atoms with Gasteiger partial charge in [-0.1, -0.05) is 37.1 Å². The third-order valence-electron chi connectivity index (χ3n) is 4.82. The molecule has 96 valence electrons. The van der Waals surface area contributed by atoms with Gasteiger partial charge in [0.25, 0.3) is 0 Å². The summed E-state index contributed by atoms with van der Waals surface area (Å²) in [7, 11) is 1.73. The van der Waals surface area contributed by atoms with Crippen molar-refractivity contribution in [2.45, 2.75) is 39.0 Å². The van der Waals surface area contributed by atoms with E-state index in [9.17, 15) is 0 Å². The fraction of sp³-hybridized carbons (Fsp3) is 0.529. The Kier molecular flexibility index (Phi) is 2.93. The third-order valence-corrected chi connectivity index (χ3v) is 4.82. The molecule has 1 fully saturated rings. The molecule has 0 aliphatic heterocycles. The summed E-state index contributed by atoms with van der Waals surface area (Å²) in [6.45, 7) is 4.62. The highest BCUT2D eigenvalue weighted by atomic mass is 16.5. The molecule has 3 rings (SSSR count). The lowest BCUT2D eigenvalue weighted by molar-refractivity contribution is 0.414. The normalized spacial score (nSPS) is 29.4. The molecule has 0 radical (unpaired) electrons. The van der Waals surface area contributed by atoms with Crippen LogP contribution in [0.1, 0.15) is 44.6 Å². The minimum absolute atomic E-state index is 0.793. The lowest BCUT2D eigenvalue weighted by Crippen LogP contribution is -1.94. The van der Waals surface area contributed by atoms with Crippen molar-refractivity contribution in [2.24, 2.45) is 11.8 Å². The Labute approximate surface area is 110 Å². The molecule has 1 aromatic carbocycles. The Morgan fingerprint density at radius 2 is 1.78 bits per heavy atom. The molecule has 0 unspecified atom stereocenters. The zero-order valence-electron chi connectivity index (χ0n) is 11.6. The minimum Gasteiger partial charge on any atom is -0.497 e. The van der Waals surface area contributed by atoms with E-state index in [1.807, 2.05) is 0 Å². The number of hydrogen-bond donors (Lipinski definition) is 0. The Bertz CT molecular complexity index is 469. The van der Waals surface area contributed by atoms with Gasteiger partial charge in [0, 0.05) is 0 Å². The van der Waals surface area contributed by atoms with Crippen LogP contribution >= 0.6 is 0 Å². The van der Waals surface area contributed by atoms with Crippen LogP contribution in [-0.4, -0.2) is 7.11 Å². The Morgan fingerprint density at radius 1 is 1.06 bits per heavy atom. The highest BCUT2D eigenvalue weighted by molar-refractivity contribution is 5.43. The molecule has 0 bridgehead atoms. The van der Waals surface area contributed by atoms with Gasteiger partial charge in [0.2, 0.25) is 0 Å². The van der Waals surface area contributed by atoms with Gasteiger partial charge < -0.3 is 4.74 Å². The van der Waals surface area contributed by atoms with Crippen molar-refractivity contribution >= 4 is 0 Å². The number of methoxy groups -OCH3 is 1. The lowest BCUT2D eigenvalue weighted by atomic mass is 9.95. The van der Waals surface area contributed by atoms with Crippen molar-refractivity contribution in [3.05, 3.63) is 41.0 Å². The molecule has 0 heterocycles. The van der Waals surface area contributed by atoms with Gasteiger partial charge in [-0.15, -0.1) is 0 Å². The van der Waals surface area contributed by atoms with Crippen molar-refractivity contribution in [3.63, 3.8) is 0 Å². The van der Waals surface area contributed by atoms with Gasteiger partial charge in [0.05, 0.1) is 7.11 Å². The van der Waals surface area contributed by atoms with E-state index in [0.29, 0.717) is 0 Å². The average molecular weight is 242 g/mol. The molecule has 0 aromatic heterocycles. The van der Waals surface area contributed by atoms with Crippen LogP contribution in [0.15, 0.2) is 35.4 Å². The molecule has 1 saturated carbocycles. The van der Waals surface area contributed by atoms with Gasteiger partial charge in [-0.3, -0.25) is 0 Å². The van der Waals surface area contributed by atoms with Gasteiger partial charge in [0.15, 0.2) is 0 Å². The maximum atomic E-state index is 5.23. The summed E-state index contributed by atoms with van der Waals surface area (Å²) in [5.41, 5.74) is 5.02. The molecular weight excluding hydrogens is 220 g/mol. The van der Waals surface area contributed by atoms with E-state index in [2.05, 4.69) is 38.1 Å². The number of hydrogen-bond acceptors (Lipinski definition) is 1. The Hall–Kier alpha value is -1.24. The number of benzene rings is 1. The largest absolute Gasteiger partial charge is 0.497 e. The van der Waals surface area contributed by atoms with Crippen LogP contribution in [-0.2, 0) is 0 Å². The van der Waals surface area contributed by atoms with Crippen LogP contribution in [0.2, 0.25) is 0 Å². The van der Waals surface area contributed by atoms with E-state index in [0.717, 1.165) is 23.5 Å². The van der Waals surface area contributed by atoms with E-state index < -0.39 is 0 Å². The standard InChI is InChI=1S/C17H22O/c1-4-11-10-15-16(17(15)14(11)5-2)12-6-8-13(18-3)9-7-12/h6-9,15-17H,4-5,10H2,1-3H3/t15-,16+,17-/m1/s1. The van der Waals surface area contributed by atoms with Crippen molar-refractivity contribution in [3.8, 4) is 5.75 Å². The molecule has 0 saturated heterocycles. The molecule has 0 spiro atoms. The highest BCUT2D eigenvalue weighted by Gasteiger charge is 2.55. The quantitative estimate of drug-likeness (QED) is 0.704. The van der Waals surface area contributed by atoms with Gasteiger partial charge >= 0.3 is 0 Å². The van der Waals surface area contributed by atoms with Gasteiger partial charge in [0.1, 0.15) is 5.75 Å². The first kappa shape index (κ1) is 11.8. The van der Waals surface area contributed by atoms with Crippen molar-refractivity contribution < 1.29 is 4.74 Å².